The Kier molecular flexibility index (Phi) is 6.34. The predicted octanol–water partition coefficient (Wildman–Crippen LogP) is 3.33. The molecule has 2 aliphatic heterocycles. The third-order valence-electron chi connectivity index (χ3n) is 5.51. The number of fused-ring (bicyclic) bond motifs is 2. The van der Waals surface area contributed by atoms with E-state index >= 15 is 0 Å². The minimum Gasteiger partial charge on any atom is -0.444 e. The molecule has 2 aliphatic rings. The minimum atomic E-state index is -3.27. The maximum Gasteiger partial charge on any atom is 0.407 e. The Hall–Kier alpha value is -1.60. The van der Waals surface area contributed by atoms with Crippen molar-refractivity contribution in [2.45, 2.75) is 70.6 Å². The van der Waals surface area contributed by atoms with Crippen LogP contribution in [0, 0.1) is 5.92 Å². The van der Waals surface area contributed by atoms with Crippen molar-refractivity contribution in [3.63, 3.8) is 0 Å². The number of rotatable bonds is 6. The van der Waals surface area contributed by atoms with Gasteiger partial charge in [-0.3, -0.25) is 0 Å². The zero-order valence-corrected chi connectivity index (χ0v) is 17.9. The first-order valence-corrected chi connectivity index (χ1v) is 11.8. The summed E-state index contributed by atoms with van der Waals surface area (Å²) in [6.07, 6.45) is 3.57. The number of benzene rings is 1. The van der Waals surface area contributed by atoms with Gasteiger partial charge in [-0.1, -0.05) is 30.3 Å². The number of amides is 1. The van der Waals surface area contributed by atoms with E-state index in [4.69, 9.17) is 4.74 Å². The van der Waals surface area contributed by atoms with Crippen molar-refractivity contribution in [2.24, 2.45) is 5.92 Å². The smallest absolute Gasteiger partial charge is 0.407 e. The molecule has 1 N–H and O–H groups in total. The molecule has 0 saturated carbocycles. The molecule has 0 aliphatic carbocycles. The SMILES string of the molecule is CC(C)(C)OC(=O)NC[C@@H]1C[C@H]2CC[C@@H](C1)N2S(=O)(=O)CCc1ccccc1. The van der Waals surface area contributed by atoms with E-state index in [0.717, 1.165) is 31.2 Å². The molecule has 1 aromatic carbocycles. The zero-order chi connectivity index (χ0) is 20.4. The molecule has 7 heteroatoms. The van der Waals surface area contributed by atoms with Crippen molar-refractivity contribution in [3.05, 3.63) is 35.9 Å². The first-order chi connectivity index (χ1) is 13.1. The average molecular weight is 409 g/mol. The van der Waals surface area contributed by atoms with Gasteiger partial charge in [-0.25, -0.2) is 13.2 Å². The monoisotopic (exact) mass is 408 g/mol. The van der Waals surface area contributed by atoms with Crippen molar-refractivity contribution in [3.8, 4) is 0 Å². The number of hydrogen-bond acceptors (Lipinski definition) is 4. The molecule has 1 amide bonds. The van der Waals surface area contributed by atoms with Crippen LogP contribution in [-0.4, -0.2) is 48.8 Å². The maximum absolute atomic E-state index is 13.0. The summed E-state index contributed by atoms with van der Waals surface area (Å²) in [6.45, 7) is 6.06. The predicted molar refractivity (Wildman–Crippen MR) is 110 cm³/mol. The van der Waals surface area contributed by atoms with Crippen LogP contribution >= 0.6 is 0 Å². The Labute approximate surface area is 168 Å². The number of nitrogens with zero attached hydrogens (tertiary/aromatic N) is 1. The van der Waals surface area contributed by atoms with E-state index in [0.29, 0.717) is 18.9 Å². The lowest BCUT2D eigenvalue weighted by Crippen LogP contribution is -2.49. The van der Waals surface area contributed by atoms with Gasteiger partial charge >= 0.3 is 6.09 Å². The van der Waals surface area contributed by atoms with E-state index in [2.05, 4.69) is 5.32 Å². The number of carbonyl (C=O) groups is 1. The van der Waals surface area contributed by atoms with Gasteiger partial charge in [0.1, 0.15) is 5.60 Å². The second-order valence-corrected chi connectivity index (χ2v) is 11.0. The Morgan fingerprint density at radius 2 is 1.75 bits per heavy atom. The van der Waals surface area contributed by atoms with E-state index in [-0.39, 0.29) is 17.8 Å². The van der Waals surface area contributed by atoms with E-state index in [1.165, 1.54) is 0 Å². The van der Waals surface area contributed by atoms with Crippen LogP contribution in [0.25, 0.3) is 0 Å². The van der Waals surface area contributed by atoms with Gasteiger partial charge in [-0.15, -0.1) is 0 Å². The minimum absolute atomic E-state index is 0.0601. The van der Waals surface area contributed by atoms with Crippen molar-refractivity contribution in [1.29, 1.82) is 0 Å². The fourth-order valence-corrected chi connectivity index (χ4v) is 6.40. The normalized spacial score (nSPS) is 25.5. The molecule has 3 rings (SSSR count). The lowest BCUT2D eigenvalue weighted by Gasteiger charge is -2.38. The molecule has 0 unspecified atom stereocenters. The van der Waals surface area contributed by atoms with Crippen molar-refractivity contribution < 1.29 is 17.9 Å². The summed E-state index contributed by atoms with van der Waals surface area (Å²) in [5.74, 6) is 0.454. The van der Waals surface area contributed by atoms with Crippen molar-refractivity contribution in [1.82, 2.24) is 9.62 Å². The van der Waals surface area contributed by atoms with Crippen molar-refractivity contribution >= 4 is 16.1 Å². The molecule has 2 fully saturated rings. The van der Waals surface area contributed by atoms with Gasteiger partial charge in [0, 0.05) is 18.6 Å². The highest BCUT2D eigenvalue weighted by Gasteiger charge is 2.46. The number of carbonyl (C=O) groups excluding carboxylic acids is 1. The summed E-state index contributed by atoms with van der Waals surface area (Å²) in [4.78, 5) is 11.9. The van der Waals surface area contributed by atoms with E-state index in [1.807, 2.05) is 51.1 Å². The zero-order valence-electron chi connectivity index (χ0n) is 17.1. The fraction of sp³-hybridized carbons (Fsp3) is 0.667. The Morgan fingerprint density at radius 3 is 2.32 bits per heavy atom. The number of nitrogens with one attached hydrogen (secondary N) is 1. The topological polar surface area (TPSA) is 75.7 Å². The quantitative estimate of drug-likeness (QED) is 0.783. The number of hydrogen-bond donors (Lipinski definition) is 1. The summed E-state index contributed by atoms with van der Waals surface area (Å²) >= 11 is 0. The molecule has 2 bridgehead atoms. The number of alkyl carbamates (subject to hydrolysis) is 1. The number of ether oxygens (including phenoxy) is 1. The summed E-state index contributed by atoms with van der Waals surface area (Å²) in [5.41, 5.74) is 0.536. The van der Waals surface area contributed by atoms with Gasteiger partial charge in [0.25, 0.3) is 0 Å². The standard InChI is InChI=1S/C21H32N2O4S/c1-21(2,3)27-20(24)22-15-17-13-18-9-10-19(14-17)23(18)28(25,26)12-11-16-7-5-4-6-8-16/h4-8,17-19H,9-15H2,1-3H3,(H,22,24)/t17-,18-,19+. The molecule has 0 spiro atoms. The summed E-state index contributed by atoms with van der Waals surface area (Å²) in [7, 11) is -3.27. The molecule has 1 aromatic rings. The highest BCUT2D eigenvalue weighted by Crippen LogP contribution is 2.40. The van der Waals surface area contributed by atoms with E-state index in [1.54, 1.807) is 4.31 Å². The highest BCUT2D eigenvalue weighted by atomic mass is 32.2. The van der Waals surface area contributed by atoms with E-state index < -0.39 is 21.7 Å². The van der Waals surface area contributed by atoms with Crippen LogP contribution in [0.5, 0.6) is 0 Å². The van der Waals surface area contributed by atoms with Gasteiger partial charge < -0.3 is 10.1 Å². The molecular weight excluding hydrogens is 376 g/mol. The maximum atomic E-state index is 13.0. The van der Waals surface area contributed by atoms with Crippen LogP contribution in [-0.2, 0) is 21.2 Å². The number of piperidine rings is 1. The molecule has 3 atom stereocenters. The number of sulfonamides is 1. The van der Waals surface area contributed by atoms with Crippen LogP contribution < -0.4 is 5.32 Å². The molecule has 2 heterocycles. The Balaban J connectivity index is 1.53. The lowest BCUT2D eigenvalue weighted by molar-refractivity contribution is 0.0507. The number of aryl methyl sites for hydroxylation is 1. The molecule has 2 saturated heterocycles. The average Bonchev–Trinajstić information content (AvgIpc) is 2.90. The Morgan fingerprint density at radius 1 is 1.14 bits per heavy atom. The molecule has 28 heavy (non-hydrogen) atoms. The van der Waals surface area contributed by atoms with Crippen LogP contribution in [0.1, 0.15) is 52.0 Å². The second-order valence-electron chi connectivity index (χ2n) is 8.99. The van der Waals surface area contributed by atoms with Crippen LogP contribution in [0.15, 0.2) is 30.3 Å². The van der Waals surface area contributed by atoms with E-state index in [9.17, 15) is 13.2 Å². The highest BCUT2D eigenvalue weighted by molar-refractivity contribution is 7.89. The largest absolute Gasteiger partial charge is 0.444 e. The summed E-state index contributed by atoms with van der Waals surface area (Å²) in [6, 6.07) is 9.88. The molecule has 0 aromatic heterocycles. The van der Waals surface area contributed by atoms with Crippen LogP contribution in [0.2, 0.25) is 0 Å². The van der Waals surface area contributed by atoms with Gasteiger partial charge in [-0.2, -0.15) is 4.31 Å². The Bertz CT molecular complexity index is 759. The molecule has 6 nitrogen and oxygen atoms in total. The third kappa shape index (κ3) is 5.47. The van der Waals surface area contributed by atoms with Gasteiger partial charge in [-0.05, 0) is 64.4 Å². The first kappa shape index (κ1) is 21.1. The molecule has 0 radical (unpaired) electrons. The lowest BCUT2D eigenvalue weighted by atomic mass is 9.92. The van der Waals surface area contributed by atoms with Gasteiger partial charge in [0.05, 0.1) is 5.75 Å². The summed E-state index contributed by atoms with van der Waals surface area (Å²) < 4.78 is 33.0. The van der Waals surface area contributed by atoms with Crippen LogP contribution in [0.4, 0.5) is 4.79 Å². The van der Waals surface area contributed by atoms with Crippen LogP contribution in [0.3, 0.4) is 0 Å². The van der Waals surface area contributed by atoms with Gasteiger partial charge in [0.15, 0.2) is 0 Å². The third-order valence-corrected chi connectivity index (χ3v) is 7.47. The molecular formula is C21H32N2O4S. The van der Waals surface area contributed by atoms with Gasteiger partial charge in [0.2, 0.25) is 10.0 Å². The second kappa shape index (κ2) is 8.41. The first-order valence-electron chi connectivity index (χ1n) is 10.2. The summed E-state index contributed by atoms with van der Waals surface area (Å²) in [5, 5.41) is 2.85. The fourth-order valence-electron chi connectivity index (χ4n) is 4.41. The molecule has 156 valence electrons. The van der Waals surface area contributed by atoms with Crippen molar-refractivity contribution in [2.75, 3.05) is 12.3 Å².